The van der Waals surface area contributed by atoms with Gasteiger partial charge in [-0.2, -0.15) is 4.31 Å². The van der Waals surface area contributed by atoms with E-state index in [1.807, 2.05) is 0 Å². The van der Waals surface area contributed by atoms with Crippen LogP contribution in [0.3, 0.4) is 0 Å². The molecule has 1 amide bonds. The Balaban J connectivity index is 1.83. The van der Waals surface area contributed by atoms with Gasteiger partial charge in [0.05, 0.1) is 37.5 Å². The lowest BCUT2D eigenvalue weighted by Crippen LogP contribution is -2.40. The molecule has 178 valence electrons. The van der Waals surface area contributed by atoms with Crippen LogP contribution in [0.25, 0.3) is 0 Å². The number of benzene rings is 2. The molecular weight excluding hydrogens is 452 g/mol. The maximum Gasteiger partial charge on any atom is 0.343 e. The van der Waals surface area contributed by atoms with E-state index in [1.165, 1.54) is 35.7 Å². The first-order chi connectivity index (χ1) is 15.8. The van der Waals surface area contributed by atoms with Crippen molar-refractivity contribution in [3.05, 3.63) is 48.0 Å². The average molecular weight is 479 g/mol. The molecule has 33 heavy (non-hydrogen) atoms. The van der Waals surface area contributed by atoms with Gasteiger partial charge in [-0.05, 0) is 43.3 Å². The molecule has 1 N–H and O–H groups in total. The van der Waals surface area contributed by atoms with Gasteiger partial charge < -0.3 is 24.3 Å². The molecule has 0 unspecified atom stereocenters. The number of nitrogens with zero attached hydrogens (tertiary/aromatic N) is 1. The van der Waals surface area contributed by atoms with Crippen molar-refractivity contribution in [2.45, 2.75) is 11.8 Å². The summed E-state index contributed by atoms with van der Waals surface area (Å²) in [5, 5.41) is 2.71. The molecule has 2 aromatic carbocycles. The Labute approximate surface area is 192 Å². The minimum Gasteiger partial charge on any atom is -0.492 e. The number of morpholine rings is 1. The molecule has 2 aromatic rings. The van der Waals surface area contributed by atoms with Crippen molar-refractivity contribution < 1.29 is 37.0 Å². The zero-order valence-corrected chi connectivity index (χ0v) is 19.2. The molecule has 1 fully saturated rings. The quantitative estimate of drug-likeness (QED) is 0.543. The normalized spacial score (nSPS) is 14.4. The lowest BCUT2D eigenvalue weighted by molar-refractivity contribution is -0.142. The summed E-state index contributed by atoms with van der Waals surface area (Å²) in [6.45, 7) is 2.99. The van der Waals surface area contributed by atoms with E-state index in [0.717, 1.165) is 0 Å². The Morgan fingerprint density at radius 2 is 1.85 bits per heavy atom. The van der Waals surface area contributed by atoms with Crippen LogP contribution in [-0.2, 0) is 24.3 Å². The summed E-state index contributed by atoms with van der Waals surface area (Å²) in [4.78, 5) is 24.2. The predicted octanol–water partition coefficient (Wildman–Crippen LogP) is 1.91. The average Bonchev–Trinajstić information content (AvgIpc) is 2.84. The molecule has 0 atom stereocenters. The van der Waals surface area contributed by atoms with Crippen LogP contribution in [0.15, 0.2) is 47.4 Å². The van der Waals surface area contributed by atoms with Crippen molar-refractivity contribution in [1.29, 1.82) is 0 Å². The maximum atomic E-state index is 13.0. The number of methoxy groups -OCH3 is 1. The van der Waals surface area contributed by atoms with E-state index in [-0.39, 0.29) is 35.8 Å². The van der Waals surface area contributed by atoms with E-state index in [0.29, 0.717) is 31.3 Å². The van der Waals surface area contributed by atoms with Gasteiger partial charge >= 0.3 is 5.97 Å². The smallest absolute Gasteiger partial charge is 0.343 e. The molecule has 1 saturated heterocycles. The van der Waals surface area contributed by atoms with Crippen molar-refractivity contribution in [2.75, 3.05) is 51.9 Å². The summed E-state index contributed by atoms with van der Waals surface area (Å²) in [5.74, 6) is -0.406. The predicted molar refractivity (Wildman–Crippen MR) is 119 cm³/mol. The lowest BCUT2D eigenvalue weighted by Gasteiger charge is -2.26. The number of amides is 1. The highest BCUT2D eigenvalue weighted by molar-refractivity contribution is 7.89. The number of hydrogen-bond donors (Lipinski definition) is 1. The first kappa shape index (κ1) is 24.5. The number of carbonyl (C=O) groups excluding carboxylic acids is 2. The summed E-state index contributed by atoms with van der Waals surface area (Å²) in [6.07, 6.45) is 0. The zero-order chi connectivity index (χ0) is 23.8. The molecule has 1 heterocycles. The van der Waals surface area contributed by atoms with E-state index in [1.54, 1.807) is 25.1 Å². The van der Waals surface area contributed by atoms with E-state index in [2.05, 4.69) is 10.1 Å². The SMILES string of the molecule is CCOc1ccc(S(=O)(=O)N2CCOCC2)cc1NC(=O)c1cccc(OCC(=O)OC)c1. The van der Waals surface area contributed by atoms with Gasteiger partial charge in [-0.25, -0.2) is 13.2 Å². The molecule has 0 saturated carbocycles. The second-order valence-corrected chi connectivity index (χ2v) is 8.89. The second-order valence-electron chi connectivity index (χ2n) is 6.95. The lowest BCUT2D eigenvalue weighted by atomic mass is 10.2. The van der Waals surface area contributed by atoms with Gasteiger partial charge in [0, 0.05) is 18.7 Å². The van der Waals surface area contributed by atoms with Crippen LogP contribution in [0.1, 0.15) is 17.3 Å². The Hall–Kier alpha value is -3.15. The van der Waals surface area contributed by atoms with Crippen LogP contribution in [0, 0.1) is 0 Å². The highest BCUT2D eigenvalue weighted by Gasteiger charge is 2.27. The Morgan fingerprint density at radius 1 is 1.09 bits per heavy atom. The van der Waals surface area contributed by atoms with E-state index < -0.39 is 21.9 Å². The molecule has 0 spiro atoms. The Kier molecular flexibility index (Phi) is 8.26. The molecule has 0 bridgehead atoms. The minimum absolute atomic E-state index is 0.0401. The number of ether oxygens (including phenoxy) is 4. The molecule has 0 aliphatic carbocycles. The van der Waals surface area contributed by atoms with Gasteiger partial charge in [-0.1, -0.05) is 6.07 Å². The van der Waals surface area contributed by atoms with Crippen molar-refractivity contribution in [2.24, 2.45) is 0 Å². The number of hydrogen-bond acceptors (Lipinski definition) is 8. The second kappa shape index (κ2) is 11.1. The van der Waals surface area contributed by atoms with Crippen LogP contribution in [0.5, 0.6) is 11.5 Å². The molecule has 11 heteroatoms. The summed E-state index contributed by atoms with van der Waals surface area (Å²) >= 11 is 0. The third kappa shape index (κ3) is 6.21. The molecule has 0 radical (unpaired) electrons. The van der Waals surface area contributed by atoms with Crippen molar-refractivity contribution in [3.8, 4) is 11.5 Å². The molecule has 10 nitrogen and oxygen atoms in total. The highest BCUT2D eigenvalue weighted by Crippen LogP contribution is 2.30. The number of nitrogens with one attached hydrogen (secondary N) is 1. The standard InChI is InChI=1S/C22H26N2O8S/c1-3-31-20-8-7-18(33(27,28)24-9-11-30-12-10-24)14-19(20)23-22(26)16-5-4-6-17(13-16)32-15-21(25)29-2/h4-8,13-14H,3,9-12,15H2,1-2H3,(H,23,26). The summed E-state index contributed by atoms with van der Waals surface area (Å²) in [7, 11) is -2.51. The maximum absolute atomic E-state index is 13.0. The highest BCUT2D eigenvalue weighted by atomic mass is 32.2. The van der Waals surface area contributed by atoms with E-state index >= 15 is 0 Å². The Bertz CT molecular complexity index is 1100. The van der Waals surface area contributed by atoms with Crippen LogP contribution in [0.4, 0.5) is 5.69 Å². The van der Waals surface area contributed by atoms with E-state index in [4.69, 9.17) is 14.2 Å². The molecule has 1 aliphatic heterocycles. The van der Waals surface area contributed by atoms with Crippen LogP contribution in [-0.4, -0.2) is 71.2 Å². The van der Waals surface area contributed by atoms with E-state index in [9.17, 15) is 18.0 Å². The van der Waals surface area contributed by atoms with Crippen LogP contribution < -0.4 is 14.8 Å². The number of esters is 1. The number of carbonyl (C=O) groups is 2. The van der Waals surface area contributed by atoms with Crippen molar-refractivity contribution in [1.82, 2.24) is 4.31 Å². The summed E-state index contributed by atoms with van der Waals surface area (Å²) < 4.78 is 48.0. The molecular formula is C22H26N2O8S. The first-order valence-corrected chi connectivity index (χ1v) is 11.7. The number of anilines is 1. The van der Waals surface area contributed by atoms with Gasteiger partial charge in [0.25, 0.3) is 5.91 Å². The summed E-state index contributed by atoms with van der Waals surface area (Å²) in [5.41, 5.74) is 0.471. The fraction of sp³-hybridized carbons (Fsp3) is 0.364. The molecule has 0 aromatic heterocycles. The fourth-order valence-corrected chi connectivity index (χ4v) is 4.54. The third-order valence-electron chi connectivity index (χ3n) is 4.79. The zero-order valence-electron chi connectivity index (χ0n) is 18.4. The van der Waals surface area contributed by atoms with Gasteiger partial charge in [0.15, 0.2) is 6.61 Å². The van der Waals surface area contributed by atoms with Gasteiger partial charge in [-0.3, -0.25) is 4.79 Å². The third-order valence-corrected chi connectivity index (χ3v) is 6.68. The van der Waals surface area contributed by atoms with Gasteiger partial charge in [0.1, 0.15) is 11.5 Å². The first-order valence-electron chi connectivity index (χ1n) is 10.3. The largest absolute Gasteiger partial charge is 0.492 e. The molecule has 1 aliphatic rings. The summed E-state index contributed by atoms with van der Waals surface area (Å²) in [6, 6.07) is 10.6. The minimum atomic E-state index is -3.76. The molecule has 3 rings (SSSR count). The van der Waals surface area contributed by atoms with Crippen molar-refractivity contribution in [3.63, 3.8) is 0 Å². The monoisotopic (exact) mass is 478 g/mol. The van der Waals surface area contributed by atoms with Gasteiger partial charge in [0.2, 0.25) is 10.0 Å². The van der Waals surface area contributed by atoms with Crippen molar-refractivity contribution >= 4 is 27.6 Å². The van der Waals surface area contributed by atoms with Crippen LogP contribution in [0.2, 0.25) is 0 Å². The number of rotatable bonds is 9. The fourth-order valence-electron chi connectivity index (χ4n) is 3.11. The Morgan fingerprint density at radius 3 is 2.55 bits per heavy atom. The topological polar surface area (TPSA) is 120 Å². The van der Waals surface area contributed by atoms with Gasteiger partial charge in [-0.15, -0.1) is 0 Å². The van der Waals surface area contributed by atoms with Crippen LogP contribution >= 0.6 is 0 Å². The number of sulfonamides is 1.